The molecule has 0 saturated heterocycles. The van der Waals surface area contributed by atoms with Gasteiger partial charge in [-0.1, -0.05) is 63.6 Å². The van der Waals surface area contributed by atoms with Gasteiger partial charge in [0.2, 0.25) is 11.8 Å². The van der Waals surface area contributed by atoms with Crippen LogP contribution in [0.3, 0.4) is 0 Å². The van der Waals surface area contributed by atoms with E-state index < -0.39 is 12.1 Å². The van der Waals surface area contributed by atoms with Crippen LogP contribution in [-0.4, -0.2) is 42.0 Å². The highest BCUT2D eigenvalue weighted by atomic mass is 16.2. The second-order valence-corrected chi connectivity index (χ2v) is 8.57. The third-order valence-electron chi connectivity index (χ3n) is 5.87. The van der Waals surface area contributed by atoms with Gasteiger partial charge in [0.05, 0.1) is 6.04 Å². The first-order valence-electron chi connectivity index (χ1n) is 12.2. The minimum Gasteiger partial charge on any atom is -0.361 e. The lowest BCUT2D eigenvalue weighted by Crippen LogP contribution is -2.52. The molecule has 0 saturated carbocycles. The number of para-hydroxylation sites is 1. The summed E-state index contributed by atoms with van der Waals surface area (Å²) in [6.45, 7) is 3.40. The Kier molecular flexibility index (Phi) is 11.8. The van der Waals surface area contributed by atoms with Crippen LogP contribution in [0.2, 0.25) is 0 Å². The fourth-order valence-electron chi connectivity index (χ4n) is 3.89. The van der Waals surface area contributed by atoms with Gasteiger partial charge in [-0.25, -0.2) is 0 Å². The van der Waals surface area contributed by atoms with Gasteiger partial charge in [-0.15, -0.1) is 0 Å². The van der Waals surface area contributed by atoms with Crippen LogP contribution in [0.25, 0.3) is 10.9 Å². The van der Waals surface area contributed by atoms with E-state index in [1.54, 1.807) is 0 Å². The number of rotatable bonds is 16. The smallest absolute Gasteiger partial charge is 0.242 e. The number of benzene rings is 1. The van der Waals surface area contributed by atoms with Crippen molar-refractivity contribution in [3.8, 4) is 0 Å². The van der Waals surface area contributed by atoms with E-state index in [2.05, 4.69) is 22.5 Å². The number of carbonyl (C=O) groups is 2. The van der Waals surface area contributed by atoms with E-state index in [1.165, 1.54) is 25.7 Å². The van der Waals surface area contributed by atoms with Crippen molar-refractivity contribution in [3.05, 3.63) is 36.0 Å². The molecule has 1 aromatic heterocycles. The quantitative estimate of drug-likeness (QED) is 0.255. The zero-order valence-electron chi connectivity index (χ0n) is 19.5. The summed E-state index contributed by atoms with van der Waals surface area (Å²) in [4.78, 5) is 28.9. The highest BCUT2D eigenvalue weighted by Crippen LogP contribution is 2.19. The van der Waals surface area contributed by atoms with E-state index in [9.17, 15) is 9.59 Å². The monoisotopic (exact) mass is 443 g/mol. The summed E-state index contributed by atoms with van der Waals surface area (Å²) in [5.41, 5.74) is 13.6. The second-order valence-electron chi connectivity index (χ2n) is 8.57. The number of hydrogen-bond acceptors (Lipinski definition) is 4. The minimum absolute atomic E-state index is 0.161. The molecule has 0 aliphatic carbocycles. The van der Waals surface area contributed by atoms with Crippen LogP contribution in [0.5, 0.6) is 0 Å². The molecule has 0 fully saturated rings. The molecule has 7 nitrogen and oxygen atoms in total. The summed E-state index contributed by atoms with van der Waals surface area (Å²) >= 11 is 0. The Bertz CT molecular complexity index is 820. The van der Waals surface area contributed by atoms with Gasteiger partial charge in [-0.3, -0.25) is 9.59 Å². The zero-order chi connectivity index (χ0) is 23.2. The van der Waals surface area contributed by atoms with E-state index in [0.29, 0.717) is 25.9 Å². The van der Waals surface area contributed by atoms with Gasteiger partial charge >= 0.3 is 0 Å². The molecular weight excluding hydrogens is 402 g/mol. The first kappa shape index (κ1) is 25.9. The molecule has 1 heterocycles. The molecule has 0 bridgehead atoms. The molecule has 0 spiro atoms. The van der Waals surface area contributed by atoms with E-state index >= 15 is 0 Å². The lowest BCUT2D eigenvalue weighted by molar-refractivity contribution is -0.129. The Morgan fingerprint density at radius 3 is 2.53 bits per heavy atom. The minimum atomic E-state index is -0.664. The average molecular weight is 444 g/mol. The zero-order valence-corrected chi connectivity index (χ0v) is 19.5. The maximum atomic E-state index is 13.0. The Hall–Kier alpha value is -2.38. The van der Waals surface area contributed by atoms with Crippen LogP contribution in [0.4, 0.5) is 0 Å². The molecule has 7 N–H and O–H groups in total. The second kappa shape index (κ2) is 14.6. The number of H-pyrrole nitrogens is 1. The highest BCUT2D eigenvalue weighted by Gasteiger charge is 2.24. The summed E-state index contributed by atoms with van der Waals surface area (Å²) in [5.74, 6) is -0.451. The number of hydrogen-bond donors (Lipinski definition) is 5. The number of unbranched alkanes of at least 4 members (excludes halogenated alkanes) is 6. The maximum absolute atomic E-state index is 13.0. The van der Waals surface area contributed by atoms with Crippen LogP contribution in [0.1, 0.15) is 70.3 Å². The molecule has 2 rings (SSSR count). The van der Waals surface area contributed by atoms with Gasteiger partial charge in [-0.2, -0.15) is 0 Å². The fraction of sp³-hybridized carbons (Fsp3) is 0.600. The SMILES string of the molecule is CCCCCCCCNC(=O)[C@H](Cc1c[nH]c2ccccc12)NC(=O)[C@@H](N)CCCCN. The van der Waals surface area contributed by atoms with E-state index in [-0.39, 0.29) is 11.8 Å². The molecule has 1 aromatic carbocycles. The summed E-state index contributed by atoms with van der Waals surface area (Å²) in [6, 6.07) is 6.65. The van der Waals surface area contributed by atoms with E-state index in [1.807, 2.05) is 30.5 Å². The van der Waals surface area contributed by atoms with Crippen LogP contribution < -0.4 is 22.1 Å². The van der Waals surface area contributed by atoms with E-state index in [0.717, 1.165) is 42.1 Å². The topological polar surface area (TPSA) is 126 Å². The molecule has 178 valence electrons. The number of amides is 2. The van der Waals surface area contributed by atoms with Crippen LogP contribution in [0, 0.1) is 0 Å². The summed E-state index contributed by atoms with van der Waals surface area (Å²) in [5, 5.41) is 6.96. The third-order valence-corrected chi connectivity index (χ3v) is 5.87. The van der Waals surface area contributed by atoms with Gasteiger partial charge in [0.15, 0.2) is 0 Å². The Morgan fingerprint density at radius 1 is 1.00 bits per heavy atom. The number of aromatic amines is 1. The van der Waals surface area contributed by atoms with Crippen LogP contribution >= 0.6 is 0 Å². The first-order chi connectivity index (χ1) is 15.6. The van der Waals surface area contributed by atoms with Crippen molar-refractivity contribution in [3.63, 3.8) is 0 Å². The summed E-state index contributed by atoms with van der Waals surface area (Å²) < 4.78 is 0. The number of carbonyl (C=O) groups excluding carboxylic acids is 2. The molecule has 0 unspecified atom stereocenters. The third kappa shape index (κ3) is 8.63. The number of fused-ring (bicyclic) bond motifs is 1. The predicted octanol–water partition coefficient (Wildman–Crippen LogP) is 3.13. The standard InChI is InChI=1S/C25H41N5O2/c1-2-3-4-5-6-11-16-28-25(32)23(30-24(31)21(27)13-9-10-15-26)17-19-18-29-22-14-8-7-12-20(19)22/h7-8,12,14,18,21,23,29H,2-6,9-11,13,15-17,26-27H2,1H3,(H,28,32)(H,30,31)/t21-,23-/m0/s1. The molecule has 2 aromatic rings. The lowest BCUT2D eigenvalue weighted by Gasteiger charge is -2.21. The van der Waals surface area contributed by atoms with Gasteiger partial charge in [0, 0.05) is 30.1 Å². The molecule has 0 radical (unpaired) electrons. The molecule has 2 atom stereocenters. The Labute approximate surface area is 192 Å². The predicted molar refractivity (Wildman–Crippen MR) is 131 cm³/mol. The number of nitrogens with one attached hydrogen (secondary N) is 3. The Balaban J connectivity index is 1.97. The first-order valence-corrected chi connectivity index (χ1v) is 12.2. The molecular formula is C25H41N5O2. The lowest BCUT2D eigenvalue weighted by atomic mass is 10.0. The van der Waals surface area contributed by atoms with Gasteiger partial charge in [0.25, 0.3) is 0 Å². The fourth-order valence-corrected chi connectivity index (χ4v) is 3.89. The van der Waals surface area contributed by atoms with Gasteiger partial charge in [-0.05, 0) is 37.4 Å². The van der Waals surface area contributed by atoms with Crippen molar-refractivity contribution in [1.82, 2.24) is 15.6 Å². The Morgan fingerprint density at radius 2 is 1.75 bits per heavy atom. The molecule has 0 aliphatic heterocycles. The van der Waals surface area contributed by atoms with Crippen molar-refractivity contribution < 1.29 is 9.59 Å². The summed E-state index contributed by atoms with van der Waals surface area (Å²) in [7, 11) is 0. The molecule has 32 heavy (non-hydrogen) atoms. The van der Waals surface area contributed by atoms with Crippen LogP contribution in [-0.2, 0) is 16.0 Å². The number of aromatic nitrogens is 1. The van der Waals surface area contributed by atoms with Gasteiger partial charge < -0.3 is 27.1 Å². The number of nitrogens with two attached hydrogens (primary N) is 2. The largest absolute Gasteiger partial charge is 0.361 e. The molecule has 7 heteroatoms. The normalized spacial score (nSPS) is 13.1. The van der Waals surface area contributed by atoms with Crippen molar-refractivity contribution in [2.75, 3.05) is 13.1 Å². The van der Waals surface area contributed by atoms with Crippen LogP contribution in [0.15, 0.2) is 30.5 Å². The van der Waals surface area contributed by atoms with Crippen molar-refractivity contribution in [2.24, 2.45) is 11.5 Å². The maximum Gasteiger partial charge on any atom is 0.242 e. The highest BCUT2D eigenvalue weighted by molar-refractivity contribution is 5.91. The molecule has 2 amide bonds. The van der Waals surface area contributed by atoms with Crippen molar-refractivity contribution >= 4 is 22.7 Å². The average Bonchev–Trinajstić information content (AvgIpc) is 3.20. The molecule has 0 aliphatic rings. The van der Waals surface area contributed by atoms with Crippen molar-refractivity contribution in [2.45, 2.75) is 83.2 Å². The van der Waals surface area contributed by atoms with E-state index in [4.69, 9.17) is 11.5 Å². The summed E-state index contributed by atoms with van der Waals surface area (Å²) in [6.07, 6.45) is 11.5. The van der Waals surface area contributed by atoms with Crippen molar-refractivity contribution in [1.29, 1.82) is 0 Å². The van der Waals surface area contributed by atoms with Gasteiger partial charge in [0.1, 0.15) is 6.04 Å².